The smallest absolute Gasteiger partial charge is 0.317 e. The minimum Gasteiger partial charge on any atom is -0.481 e. The van der Waals surface area contributed by atoms with Crippen LogP contribution in [0.4, 0.5) is 0 Å². The number of aliphatic imine (C=N–C) groups is 1. The number of nitrogens with zero attached hydrogens (tertiary/aromatic N) is 3. The number of hydrogen-bond acceptors (Lipinski definition) is 5. The summed E-state index contributed by atoms with van der Waals surface area (Å²) in [4.78, 5) is 29.4. The van der Waals surface area contributed by atoms with Crippen LogP contribution in [0.15, 0.2) is 46.2 Å². The maximum Gasteiger partial charge on any atom is 0.317 e. The molecule has 1 aromatic rings. The van der Waals surface area contributed by atoms with Gasteiger partial charge in [-0.1, -0.05) is 6.07 Å². The van der Waals surface area contributed by atoms with Crippen molar-refractivity contribution >= 4 is 11.6 Å². The van der Waals surface area contributed by atoms with Crippen molar-refractivity contribution in [1.29, 1.82) is 0 Å². The number of amides is 1. The van der Waals surface area contributed by atoms with E-state index >= 15 is 0 Å². The predicted octanol–water partition coefficient (Wildman–Crippen LogP) is 2.06. The minimum atomic E-state index is -0.894. The fourth-order valence-corrected chi connectivity index (χ4v) is 1.24. The molecule has 1 heterocycles. The minimum absolute atomic E-state index is 0.0655. The summed E-state index contributed by atoms with van der Waals surface area (Å²) in [6.07, 6.45) is 3.29. The Labute approximate surface area is 104 Å². The lowest BCUT2D eigenvalue weighted by atomic mass is 10.2. The molecule has 1 amide bonds. The first-order valence-electron chi connectivity index (χ1n) is 5.18. The molecule has 6 nitrogen and oxygen atoms in total. The lowest BCUT2D eigenvalue weighted by molar-refractivity contribution is -0.114. The monoisotopic (exact) mass is 247 g/mol. The van der Waals surface area contributed by atoms with Gasteiger partial charge in [0.05, 0.1) is 18.4 Å². The van der Waals surface area contributed by atoms with Crippen LogP contribution in [0.1, 0.15) is 19.4 Å². The van der Waals surface area contributed by atoms with Gasteiger partial charge in [-0.15, -0.1) is 4.91 Å². The average Bonchev–Trinajstić information content (AvgIpc) is 2.43. The molecule has 0 aromatic carbocycles. The Hall–Kier alpha value is -2.37. The first-order chi connectivity index (χ1) is 8.60. The Balaban J connectivity index is 3.13. The highest BCUT2D eigenvalue weighted by molar-refractivity contribution is 6.00. The molecule has 94 valence electrons. The van der Waals surface area contributed by atoms with Gasteiger partial charge in [0.2, 0.25) is 5.88 Å². The van der Waals surface area contributed by atoms with Gasteiger partial charge in [0, 0.05) is 23.1 Å². The molecule has 1 rings (SSSR count). The van der Waals surface area contributed by atoms with Gasteiger partial charge in [-0.25, -0.2) is 4.99 Å². The van der Waals surface area contributed by atoms with Crippen molar-refractivity contribution in [3.63, 3.8) is 0 Å². The molecule has 0 N–H and O–H groups in total. The molecule has 0 saturated carbocycles. The standard InChI is InChI=1S/C12H13N3O3/c1-8(11(16)15-17)12(18-3)14-9(2)10-5-4-6-13-7-10/h4-7H,1-3H3/b12-8-,14-9?. The number of rotatable bonds is 4. The van der Waals surface area contributed by atoms with Crippen LogP contribution in [0.5, 0.6) is 0 Å². The predicted molar refractivity (Wildman–Crippen MR) is 67.0 cm³/mol. The normalized spacial score (nSPS) is 12.7. The Morgan fingerprint density at radius 2 is 2.11 bits per heavy atom. The molecule has 1 aromatic heterocycles. The molecular formula is C12H13N3O3. The van der Waals surface area contributed by atoms with Crippen molar-refractivity contribution in [3.8, 4) is 0 Å². The van der Waals surface area contributed by atoms with Crippen LogP contribution in [0.3, 0.4) is 0 Å². The van der Waals surface area contributed by atoms with Crippen LogP contribution in [-0.4, -0.2) is 23.7 Å². The van der Waals surface area contributed by atoms with E-state index in [-0.39, 0.29) is 11.5 Å². The van der Waals surface area contributed by atoms with E-state index in [1.807, 2.05) is 6.07 Å². The van der Waals surface area contributed by atoms with Gasteiger partial charge in [0.15, 0.2) is 0 Å². The van der Waals surface area contributed by atoms with Gasteiger partial charge in [0.1, 0.15) is 0 Å². The highest BCUT2D eigenvalue weighted by Gasteiger charge is 2.12. The summed E-state index contributed by atoms with van der Waals surface area (Å²) in [5.74, 6) is -0.824. The van der Waals surface area contributed by atoms with Crippen LogP contribution in [0, 0.1) is 4.91 Å². The van der Waals surface area contributed by atoms with E-state index in [4.69, 9.17) is 4.74 Å². The number of carbonyl (C=O) groups is 1. The van der Waals surface area contributed by atoms with Crippen molar-refractivity contribution in [2.45, 2.75) is 13.8 Å². The fourth-order valence-electron chi connectivity index (χ4n) is 1.24. The molecule has 0 unspecified atom stereocenters. The fraction of sp³-hybridized carbons (Fsp3) is 0.250. The lowest BCUT2D eigenvalue weighted by Crippen LogP contribution is -2.03. The van der Waals surface area contributed by atoms with Gasteiger partial charge in [-0.05, 0) is 19.9 Å². The van der Waals surface area contributed by atoms with E-state index in [1.165, 1.54) is 14.0 Å². The van der Waals surface area contributed by atoms with E-state index in [9.17, 15) is 9.70 Å². The molecule has 6 heteroatoms. The molecule has 0 fully saturated rings. The maximum absolute atomic E-state index is 11.1. The average molecular weight is 247 g/mol. The Bertz CT molecular complexity index is 507. The molecule has 0 aliphatic carbocycles. The van der Waals surface area contributed by atoms with E-state index in [0.717, 1.165) is 5.56 Å². The molecule has 0 aliphatic rings. The number of methoxy groups -OCH3 is 1. The Kier molecular flexibility index (Phi) is 4.86. The largest absolute Gasteiger partial charge is 0.481 e. The molecule has 0 spiro atoms. The van der Waals surface area contributed by atoms with Gasteiger partial charge in [-0.3, -0.25) is 9.78 Å². The molecule has 0 aliphatic heterocycles. The number of hydrogen-bond donors (Lipinski definition) is 0. The third kappa shape index (κ3) is 3.31. The first-order valence-corrected chi connectivity index (χ1v) is 5.18. The van der Waals surface area contributed by atoms with Crippen LogP contribution in [0.2, 0.25) is 0 Å². The van der Waals surface area contributed by atoms with Gasteiger partial charge in [-0.2, -0.15) is 0 Å². The van der Waals surface area contributed by atoms with Crippen LogP contribution < -0.4 is 0 Å². The second kappa shape index (κ2) is 6.39. The van der Waals surface area contributed by atoms with E-state index in [2.05, 4.69) is 15.2 Å². The molecule has 0 saturated heterocycles. The Morgan fingerprint density at radius 1 is 1.39 bits per heavy atom. The van der Waals surface area contributed by atoms with Crippen LogP contribution >= 0.6 is 0 Å². The zero-order valence-electron chi connectivity index (χ0n) is 10.4. The second-order valence-electron chi connectivity index (χ2n) is 3.47. The van der Waals surface area contributed by atoms with Crippen molar-refractivity contribution in [2.24, 2.45) is 10.2 Å². The summed E-state index contributed by atoms with van der Waals surface area (Å²) in [7, 11) is 1.37. The van der Waals surface area contributed by atoms with Crippen molar-refractivity contribution in [3.05, 3.63) is 46.5 Å². The van der Waals surface area contributed by atoms with Crippen molar-refractivity contribution in [1.82, 2.24) is 4.98 Å². The topological polar surface area (TPSA) is 81.0 Å². The van der Waals surface area contributed by atoms with E-state index in [0.29, 0.717) is 5.71 Å². The quantitative estimate of drug-likeness (QED) is 0.353. The third-order valence-electron chi connectivity index (χ3n) is 2.27. The van der Waals surface area contributed by atoms with Gasteiger partial charge >= 0.3 is 5.91 Å². The van der Waals surface area contributed by atoms with Gasteiger partial charge < -0.3 is 4.74 Å². The summed E-state index contributed by atoms with van der Waals surface area (Å²) in [5, 5.41) is 2.33. The SMILES string of the molecule is CO/C(N=C(C)c1cccnc1)=C(/C)C(=O)N=O. The zero-order chi connectivity index (χ0) is 13.5. The summed E-state index contributed by atoms with van der Waals surface area (Å²) in [6.45, 7) is 3.19. The molecule has 0 bridgehead atoms. The third-order valence-corrected chi connectivity index (χ3v) is 2.27. The number of ether oxygens (including phenoxy) is 1. The molecule has 18 heavy (non-hydrogen) atoms. The summed E-state index contributed by atoms with van der Waals surface area (Å²) >= 11 is 0. The second-order valence-corrected chi connectivity index (χ2v) is 3.47. The van der Waals surface area contributed by atoms with E-state index < -0.39 is 5.91 Å². The maximum atomic E-state index is 11.1. The number of carbonyl (C=O) groups excluding carboxylic acids is 1. The summed E-state index contributed by atoms with van der Waals surface area (Å²) in [6, 6.07) is 3.60. The molecular weight excluding hydrogens is 234 g/mol. The number of pyridine rings is 1. The first kappa shape index (κ1) is 13.7. The van der Waals surface area contributed by atoms with Crippen LogP contribution in [0.25, 0.3) is 0 Å². The highest BCUT2D eigenvalue weighted by Crippen LogP contribution is 2.11. The highest BCUT2D eigenvalue weighted by atomic mass is 16.5. The summed E-state index contributed by atoms with van der Waals surface area (Å²) in [5.41, 5.74) is 1.49. The van der Waals surface area contributed by atoms with Gasteiger partial charge in [0.25, 0.3) is 0 Å². The summed E-state index contributed by atoms with van der Waals surface area (Å²) < 4.78 is 4.98. The van der Waals surface area contributed by atoms with E-state index in [1.54, 1.807) is 25.4 Å². The zero-order valence-corrected chi connectivity index (χ0v) is 10.4. The molecule has 0 atom stereocenters. The Morgan fingerprint density at radius 3 is 2.61 bits per heavy atom. The van der Waals surface area contributed by atoms with Crippen LogP contribution in [-0.2, 0) is 9.53 Å². The number of aromatic nitrogens is 1. The number of nitroso groups, excluding NO2 is 1. The molecule has 0 radical (unpaired) electrons. The lowest BCUT2D eigenvalue weighted by Gasteiger charge is -2.05. The van der Waals surface area contributed by atoms with Crippen molar-refractivity contribution in [2.75, 3.05) is 7.11 Å². The van der Waals surface area contributed by atoms with Crippen molar-refractivity contribution < 1.29 is 9.53 Å².